The molecule has 0 spiro atoms. The second-order valence-corrected chi connectivity index (χ2v) is 10.3. The standard InChI is InChI=1S/C29H27F3N4O3S/c1-18-15-22(38-14-13-37-2)9-10-23(18)27-24-16-20(5-11-25(24)40-28(27)29(30,31)32)17-39-21-7-3-19(4-8-21)6-12-26-33-35-36-34-26/h3-5,7-11,15-16H,6,12-14,17H2,1-2H3,(H,33,34,35,36). The van der Waals surface area contributed by atoms with Gasteiger partial charge in [-0.1, -0.05) is 29.5 Å². The minimum atomic E-state index is -4.48. The molecular weight excluding hydrogens is 541 g/mol. The lowest BCUT2D eigenvalue weighted by atomic mass is 9.96. The second kappa shape index (κ2) is 12.1. The number of nitrogens with zero attached hydrogens (tertiary/aromatic N) is 3. The van der Waals surface area contributed by atoms with Gasteiger partial charge in [0.15, 0.2) is 5.82 Å². The molecule has 0 saturated heterocycles. The third-order valence-corrected chi connectivity index (χ3v) is 7.60. The van der Waals surface area contributed by atoms with Crippen LogP contribution in [-0.2, 0) is 30.4 Å². The maximum Gasteiger partial charge on any atom is 0.426 e. The van der Waals surface area contributed by atoms with Crippen molar-refractivity contribution in [3.05, 3.63) is 88.1 Å². The molecular formula is C29H27F3N4O3S. The molecule has 3 aromatic carbocycles. The average molecular weight is 569 g/mol. The molecule has 5 rings (SSSR count). The summed E-state index contributed by atoms with van der Waals surface area (Å²) in [5.41, 5.74) is 3.28. The van der Waals surface area contributed by atoms with Gasteiger partial charge >= 0.3 is 6.18 Å². The van der Waals surface area contributed by atoms with Crippen LogP contribution >= 0.6 is 11.3 Å². The molecule has 5 aromatic rings. The minimum absolute atomic E-state index is 0.182. The third-order valence-electron chi connectivity index (χ3n) is 6.39. The number of fused-ring (bicyclic) bond motifs is 1. The maximum absolute atomic E-state index is 14.2. The highest BCUT2D eigenvalue weighted by atomic mass is 32.1. The van der Waals surface area contributed by atoms with Gasteiger partial charge in [0.2, 0.25) is 0 Å². The summed E-state index contributed by atoms with van der Waals surface area (Å²) in [5.74, 6) is 1.91. The summed E-state index contributed by atoms with van der Waals surface area (Å²) < 4.78 is 59.7. The molecule has 2 heterocycles. The molecule has 0 aliphatic carbocycles. The first kappa shape index (κ1) is 27.6. The Morgan fingerprint density at radius 1 is 0.875 bits per heavy atom. The number of aromatic nitrogens is 4. The first-order chi connectivity index (χ1) is 19.3. The fourth-order valence-corrected chi connectivity index (χ4v) is 5.48. The molecule has 208 valence electrons. The van der Waals surface area contributed by atoms with Gasteiger partial charge in [-0.2, -0.15) is 18.4 Å². The summed E-state index contributed by atoms with van der Waals surface area (Å²) in [4.78, 5) is -0.617. The van der Waals surface area contributed by atoms with Crippen molar-refractivity contribution in [1.82, 2.24) is 20.6 Å². The zero-order chi connectivity index (χ0) is 28.1. The number of nitrogens with one attached hydrogen (secondary N) is 1. The van der Waals surface area contributed by atoms with Crippen molar-refractivity contribution >= 4 is 21.4 Å². The number of hydrogen-bond donors (Lipinski definition) is 1. The van der Waals surface area contributed by atoms with E-state index in [-0.39, 0.29) is 12.2 Å². The van der Waals surface area contributed by atoms with E-state index in [0.29, 0.717) is 58.2 Å². The number of aromatic amines is 1. The van der Waals surface area contributed by atoms with Gasteiger partial charge in [-0.3, -0.25) is 0 Å². The molecule has 1 N–H and O–H groups in total. The van der Waals surface area contributed by atoms with Gasteiger partial charge in [-0.15, -0.1) is 21.5 Å². The van der Waals surface area contributed by atoms with Crippen molar-refractivity contribution < 1.29 is 27.4 Å². The molecule has 0 amide bonds. The highest BCUT2D eigenvalue weighted by Gasteiger charge is 2.37. The number of H-pyrrole nitrogens is 1. The number of ether oxygens (including phenoxy) is 3. The summed E-state index contributed by atoms with van der Waals surface area (Å²) in [6, 6.07) is 18.2. The van der Waals surface area contributed by atoms with Gasteiger partial charge < -0.3 is 14.2 Å². The van der Waals surface area contributed by atoms with Crippen molar-refractivity contribution in [2.45, 2.75) is 32.5 Å². The zero-order valence-electron chi connectivity index (χ0n) is 21.9. The summed E-state index contributed by atoms with van der Waals surface area (Å²) in [7, 11) is 1.58. The number of benzene rings is 3. The number of methoxy groups -OCH3 is 1. The summed E-state index contributed by atoms with van der Waals surface area (Å²) in [5, 5.41) is 14.4. The van der Waals surface area contributed by atoms with E-state index in [2.05, 4.69) is 20.6 Å². The Bertz CT molecular complexity index is 1570. The Labute approximate surface area is 232 Å². The van der Waals surface area contributed by atoms with Gasteiger partial charge in [0, 0.05) is 29.2 Å². The van der Waals surface area contributed by atoms with E-state index in [0.717, 1.165) is 28.9 Å². The molecule has 11 heteroatoms. The number of halogens is 3. The Morgan fingerprint density at radius 3 is 2.35 bits per heavy atom. The van der Waals surface area contributed by atoms with E-state index in [1.807, 2.05) is 30.3 Å². The molecule has 7 nitrogen and oxygen atoms in total. The first-order valence-corrected chi connectivity index (χ1v) is 13.4. The number of tetrazole rings is 1. The van der Waals surface area contributed by atoms with E-state index >= 15 is 0 Å². The number of alkyl halides is 3. The molecule has 0 aliphatic rings. The van der Waals surface area contributed by atoms with Crippen LogP contribution in [-0.4, -0.2) is 40.9 Å². The predicted molar refractivity (Wildman–Crippen MR) is 147 cm³/mol. The Kier molecular flexibility index (Phi) is 8.32. The number of rotatable bonds is 11. The third kappa shape index (κ3) is 6.43. The van der Waals surface area contributed by atoms with Gasteiger partial charge in [0.25, 0.3) is 0 Å². The van der Waals surface area contributed by atoms with Crippen LogP contribution in [0, 0.1) is 6.92 Å². The normalized spacial score (nSPS) is 11.7. The predicted octanol–water partition coefficient (Wildman–Crippen LogP) is 6.80. The van der Waals surface area contributed by atoms with E-state index in [9.17, 15) is 13.2 Å². The summed E-state index contributed by atoms with van der Waals surface area (Å²) in [6.45, 7) is 2.79. The lowest BCUT2D eigenvalue weighted by molar-refractivity contribution is -0.133. The Balaban J connectivity index is 1.36. The van der Waals surface area contributed by atoms with Crippen molar-refractivity contribution in [3.63, 3.8) is 0 Å². The van der Waals surface area contributed by atoms with Gasteiger partial charge in [0.1, 0.15) is 29.6 Å². The summed E-state index contributed by atoms with van der Waals surface area (Å²) in [6.07, 6.45) is -3.05. The van der Waals surface area contributed by atoms with Crippen molar-refractivity contribution in [2.75, 3.05) is 20.3 Å². The van der Waals surface area contributed by atoms with E-state index in [1.165, 1.54) is 0 Å². The van der Waals surface area contributed by atoms with Gasteiger partial charge in [-0.25, -0.2) is 0 Å². The lowest BCUT2D eigenvalue weighted by Gasteiger charge is -2.13. The highest BCUT2D eigenvalue weighted by molar-refractivity contribution is 7.19. The average Bonchev–Trinajstić information content (AvgIpc) is 3.60. The van der Waals surface area contributed by atoms with E-state index in [1.54, 1.807) is 44.4 Å². The van der Waals surface area contributed by atoms with Crippen LogP contribution < -0.4 is 9.47 Å². The largest absolute Gasteiger partial charge is 0.491 e. The van der Waals surface area contributed by atoms with E-state index < -0.39 is 11.1 Å². The van der Waals surface area contributed by atoms with Crippen LogP contribution in [0.1, 0.15) is 27.4 Å². The molecule has 2 aromatic heterocycles. The van der Waals surface area contributed by atoms with Gasteiger partial charge in [0.05, 0.1) is 6.61 Å². The monoisotopic (exact) mass is 568 g/mol. The van der Waals surface area contributed by atoms with Crippen molar-refractivity contribution in [1.29, 1.82) is 0 Å². The second-order valence-electron chi connectivity index (χ2n) is 9.21. The van der Waals surface area contributed by atoms with Gasteiger partial charge in [-0.05, 0) is 72.0 Å². The first-order valence-electron chi connectivity index (χ1n) is 12.6. The lowest BCUT2D eigenvalue weighted by Crippen LogP contribution is -2.05. The number of hydrogen-bond acceptors (Lipinski definition) is 7. The SMILES string of the molecule is COCCOc1ccc(-c2c(C(F)(F)F)sc3ccc(COc4ccc(CCc5nn[nH]n5)cc4)cc23)c(C)c1. The topological polar surface area (TPSA) is 82.1 Å². The van der Waals surface area contributed by atoms with E-state index in [4.69, 9.17) is 14.2 Å². The van der Waals surface area contributed by atoms with Crippen LogP contribution in [0.4, 0.5) is 13.2 Å². The molecule has 0 unspecified atom stereocenters. The number of thiophene rings is 1. The highest BCUT2D eigenvalue weighted by Crippen LogP contribution is 2.48. The minimum Gasteiger partial charge on any atom is -0.491 e. The Hall–Kier alpha value is -3.96. The van der Waals surface area contributed by atoms with Crippen LogP contribution in [0.3, 0.4) is 0 Å². The smallest absolute Gasteiger partial charge is 0.426 e. The quantitative estimate of drug-likeness (QED) is 0.177. The molecule has 0 aliphatic heterocycles. The van der Waals surface area contributed by atoms with Crippen LogP contribution in [0.5, 0.6) is 11.5 Å². The summed E-state index contributed by atoms with van der Waals surface area (Å²) >= 11 is 0.755. The molecule has 0 radical (unpaired) electrons. The number of aryl methyl sites for hydroxylation is 3. The molecule has 0 saturated carbocycles. The molecule has 40 heavy (non-hydrogen) atoms. The Morgan fingerprint density at radius 2 is 1.65 bits per heavy atom. The molecule has 0 fully saturated rings. The molecule has 0 bridgehead atoms. The maximum atomic E-state index is 14.2. The fraction of sp³-hybridized carbons (Fsp3) is 0.276. The van der Waals surface area contributed by atoms with Crippen molar-refractivity contribution in [3.8, 4) is 22.6 Å². The van der Waals surface area contributed by atoms with Crippen molar-refractivity contribution in [2.24, 2.45) is 0 Å². The molecule has 0 atom stereocenters. The zero-order valence-corrected chi connectivity index (χ0v) is 22.7. The fourth-order valence-electron chi connectivity index (χ4n) is 4.41. The van der Waals surface area contributed by atoms with Crippen LogP contribution in [0.2, 0.25) is 0 Å². The van der Waals surface area contributed by atoms with Crippen LogP contribution in [0.15, 0.2) is 60.7 Å². The van der Waals surface area contributed by atoms with Crippen LogP contribution in [0.25, 0.3) is 21.2 Å².